The van der Waals surface area contributed by atoms with Crippen LogP contribution < -0.4 is 10.6 Å². The first kappa shape index (κ1) is 34.3. The zero-order valence-electron chi connectivity index (χ0n) is 26.4. The summed E-state index contributed by atoms with van der Waals surface area (Å²) in [5.74, 6) is -2.25. The fourth-order valence-electron chi connectivity index (χ4n) is 5.98. The second kappa shape index (κ2) is 16.1. The van der Waals surface area contributed by atoms with Gasteiger partial charge in [0.15, 0.2) is 0 Å². The van der Waals surface area contributed by atoms with Gasteiger partial charge < -0.3 is 35.2 Å². The van der Waals surface area contributed by atoms with Crippen molar-refractivity contribution in [1.82, 2.24) is 25.3 Å². The van der Waals surface area contributed by atoms with Gasteiger partial charge in [0, 0.05) is 63.0 Å². The summed E-state index contributed by atoms with van der Waals surface area (Å²) in [4.78, 5) is 45.3. The molecule has 2 aromatic rings. The Kier molecular flexibility index (Phi) is 12.3. The molecule has 3 N–H and O–H groups in total. The Morgan fingerprint density at radius 3 is 2.27 bits per heavy atom. The lowest BCUT2D eigenvalue weighted by molar-refractivity contribution is 0.0289. The minimum atomic E-state index is -1.23. The van der Waals surface area contributed by atoms with Gasteiger partial charge in [0.1, 0.15) is 11.6 Å². The van der Waals surface area contributed by atoms with Crippen molar-refractivity contribution in [2.45, 2.75) is 58.2 Å². The van der Waals surface area contributed by atoms with Crippen LogP contribution in [0.5, 0.6) is 0 Å². The number of nitrogens with zero attached hydrogens (tertiary/aromatic N) is 3. The number of ether oxygens (including phenoxy) is 1. The summed E-state index contributed by atoms with van der Waals surface area (Å²) >= 11 is 0. The molecule has 12 heteroatoms. The smallest absolute Gasteiger partial charge is 0.320 e. The molecule has 0 aromatic heterocycles. The van der Waals surface area contributed by atoms with E-state index < -0.39 is 35.7 Å². The van der Waals surface area contributed by atoms with Gasteiger partial charge in [0.2, 0.25) is 0 Å². The van der Waals surface area contributed by atoms with E-state index in [1.54, 1.807) is 33.8 Å². The number of aliphatic hydroxyl groups is 1. The Hall–Kier alpha value is -3.61. The number of piperazine rings is 1. The van der Waals surface area contributed by atoms with Crippen LogP contribution in [0.4, 0.5) is 13.6 Å². The normalized spacial score (nSPS) is 18.3. The third-order valence-corrected chi connectivity index (χ3v) is 8.14. The van der Waals surface area contributed by atoms with Crippen LogP contribution in [0.15, 0.2) is 36.4 Å². The molecule has 2 heterocycles. The summed E-state index contributed by atoms with van der Waals surface area (Å²) in [6.45, 7) is 9.92. The first-order chi connectivity index (χ1) is 21.6. The summed E-state index contributed by atoms with van der Waals surface area (Å²) in [5.41, 5.74) is 1.59. The van der Waals surface area contributed by atoms with Gasteiger partial charge in [-0.1, -0.05) is 13.8 Å². The lowest BCUT2D eigenvalue weighted by Crippen LogP contribution is -2.63. The molecule has 10 nitrogen and oxygen atoms in total. The SMILES string of the molecule is CCCN(CCC)C(=O)c1cc(C)cc(C(=O)N[C@@H](Cc2cc(F)cc(F)c2)C(O)[C@H]2CN(C(=O)N3CCOCC3)CCN2)c1. The maximum atomic E-state index is 14.1. The fraction of sp³-hybridized carbons (Fsp3) is 0.545. The molecule has 2 aromatic carbocycles. The standard InChI is InChI=1S/C33H45F2N5O5/c1-4-7-38(8-5-2)32(43)25-15-22(3)14-24(19-25)31(42)37-28(18-23-16-26(34)20-27(35)17-23)30(41)29-21-40(9-6-36-29)33(44)39-10-12-45-13-11-39/h14-17,19-20,28-30,36,41H,4-13,18,21H2,1-3H3,(H,37,42)/t28-,29+,30?/m0/s1. The average Bonchev–Trinajstić information content (AvgIpc) is 3.03. The van der Waals surface area contributed by atoms with Gasteiger partial charge in [-0.3, -0.25) is 9.59 Å². The predicted molar refractivity (Wildman–Crippen MR) is 166 cm³/mol. The zero-order chi connectivity index (χ0) is 32.5. The van der Waals surface area contributed by atoms with Crippen molar-refractivity contribution in [3.63, 3.8) is 0 Å². The zero-order valence-corrected chi connectivity index (χ0v) is 26.4. The Morgan fingerprint density at radius 2 is 1.62 bits per heavy atom. The summed E-state index contributed by atoms with van der Waals surface area (Å²) in [7, 11) is 0. The van der Waals surface area contributed by atoms with E-state index in [0.29, 0.717) is 58.0 Å². The first-order valence-corrected chi connectivity index (χ1v) is 15.8. The Labute approximate surface area is 263 Å². The van der Waals surface area contributed by atoms with Gasteiger partial charge in [-0.15, -0.1) is 0 Å². The molecule has 2 aliphatic rings. The highest BCUT2D eigenvalue weighted by molar-refractivity contribution is 6.00. The molecular weight excluding hydrogens is 584 g/mol. The van der Waals surface area contributed by atoms with E-state index in [1.165, 1.54) is 6.07 Å². The van der Waals surface area contributed by atoms with Crippen LogP contribution in [-0.2, 0) is 11.2 Å². The highest BCUT2D eigenvalue weighted by atomic mass is 19.1. The number of amides is 4. The number of aliphatic hydroxyl groups excluding tert-OH is 1. The molecule has 2 aliphatic heterocycles. The monoisotopic (exact) mass is 629 g/mol. The maximum absolute atomic E-state index is 14.1. The molecule has 0 aliphatic carbocycles. The van der Waals surface area contributed by atoms with Gasteiger partial charge in [-0.25, -0.2) is 13.6 Å². The molecule has 1 unspecified atom stereocenters. The van der Waals surface area contributed by atoms with E-state index in [0.717, 1.165) is 36.6 Å². The van der Waals surface area contributed by atoms with Crippen LogP contribution >= 0.6 is 0 Å². The van der Waals surface area contributed by atoms with Crippen LogP contribution in [-0.4, -0.2) is 115 Å². The second-order valence-electron chi connectivity index (χ2n) is 11.8. The molecule has 0 saturated carbocycles. The number of halogens is 2. The predicted octanol–water partition coefficient (Wildman–Crippen LogP) is 2.96. The van der Waals surface area contributed by atoms with Crippen LogP contribution in [0.2, 0.25) is 0 Å². The molecule has 0 spiro atoms. The third-order valence-electron chi connectivity index (χ3n) is 8.14. The van der Waals surface area contributed by atoms with Crippen molar-refractivity contribution in [3.8, 4) is 0 Å². The summed E-state index contributed by atoms with van der Waals surface area (Å²) in [6.07, 6.45) is 0.303. The van der Waals surface area contributed by atoms with Gasteiger partial charge in [-0.05, 0) is 67.6 Å². The number of nitrogens with one attached hydrogen (secondary N) is 2. The summed E-state index contributed by atoms with van der Waals surface area (Å²) in [6, 6.07) is 6.27. The molecular formula is C33H45F2N5O5. The van der Waals surface area contributed by atoms with Crippen molar-refractivity contribution in [2.75, 3.05) is 59.0 Å². The van der Waals surface area contributed by atoms with Gasteiger partial charge in [0.25, 0.3) is 11.8 Å². The average molecular weight is 630 g/mol. The third kappa shape index (κ3) is 9.21. The molecule has 4 rings (SSSR count). The van der Waals surface area contributed by atoms with Crippen molar-refractivity contribution in [2.24, 2.45) is 0 Å². The summed E-state index contributed by atoms with van der Waals surface area (Å²) < 4.78 is 33.6. The number of hydrogen-bond acceptors (Lipinski definition) is 6. The number of benzene rings is 2. The molecule has 2 saturated heterocycles. The van der Waals surface area contributed by atoms with E-state index in [1.807, 2.05) is 13.8 Å². The molecule has 3 atom stereocenters. The van der Waals surface area contributed by atoms with Crippen LogP contribution in [0, 0.1) is 18.6 Å². The number of rotatable bonds is 11. The molecule has 2 fully saturated rings. The number of carbonyl (C=O) groups excluding carboxylic acids is 3. The van der Waals surface area contributed by atoms with Crippen molar-refractivity contribution < 1.29 is 33.0 Å². The van der Waals surface area contributed by atoms with Crippen molar-refractivity contribution in [3.05, 3.63) is 70.3 Å². The summed E-state index contributed by atoms with van der Waals surface area (Å²) in [5, 5.41) is 17.7. The number of hydrogen-bond donors (Lipinski definition) is 3. The van der Waals surface area contributed by atoms with Gasteiger partial charge in [-0.2, -0.15) is 0 Å². The number of aryl methyl sites for hydroxylation is 1. The van der Waals surface area contributed by atoms with Crippen molar-refractivity contribution >= 4 is 17.8 Å². The van der Waals surface area contributed by atoms with Crippen molar-refractivity contribution in [1.29, 1.82) is 0 Å². The number of carbonyl (C=O) groups is 3. The fourth-order valence-corrected chi connectivity index (χ4v) is 5.98. The van der Waals surface area contributed by atoms with E-state index in [4.69, 9.17) is 4.74 Å². The Morgan fingerprint density at radius 1 is 0.978 bits per heavy atom. The van der Waals surface area contributed by atoms with Gasteiger partial charge in [0.05, 0.1) is 31.4 Å². The maximum Gasteiger partial charge on any atom is 0.320 e. The second-order valence-corrected chi connectivity index (χ2v) is 11.8. The van der Waals surface area contributed by atoms with Crippen LogP contribution in [0.25, 0.3) is 0 Å². The Bertz CT molecular complexity index is 1310. The Balaban J connectivity index is 1.57. The topological polar surface area (TPSA) is 114 Å². The largest absolute Gasteiger partial charge is 0.389 e. The quantitative estimate of drug-likeness (QED) is 0.352. The molecule has 45 heavy (non-hydrogen) atoms. The molecule has 0 radical (unpaired) electrons. The highest BCUT2D eigenvalue weighted by Crippen LogP contribution is 2.18. The van der Waals surface area contributed by atoms with Crippen LogP contribution in [0.3, 0.4) is 0 Å². The van der Waals surface area contributed by atoms with E-state index in [-0.39, 0.29) is 36.0 Å². The lowest BCUT2D eigenvalue weighted by atomic mass is 9.94. The minimum absolute atomic E-state index is 0.0739. The van der Waals surface area contributed by atoms with Gasteiger partial charge >= 0.3 is 6.03 Å². The molecule has 4 amide bonds. The number of urea groups is 1. The molecule has 0 bridgehead atoms. The minimum Gasteiger partial charge on any atom is -0.389 e. The van der Waals surface area contributed by atoms with E-state index >= 15 is 0 Å². The number of morpholine rings is 1. The first-order valence-electron chi connectivity index (χ1n) is 15.8. The molecule has 246 valence electrons. The lowest BCUT2D eigenvalue weighted by Gasteiger charge is -2.41. The van der Waals surface area contributed by atoms with E-state index in [9.17, 15) is 28.3 Å². The van der Waals surface area contributed by atoms with Crippen LogP contribution in [0.1, 0.15) is 58.5 Å². The van der Waals surface area contributed by atoms with E-state index in [2.05, 4.69) is 10.6 Å². The highest BCUT2D eigenvalue weighted by Gasteiger charge is 2.35.